The molecule has 0 aromatic heterocycles. The molecule has 0 bridgehead atoms. The van der Waals surface area contributed by atoms with E-state index in [1.807, 2.05) is 51.1 Å². The van der Waals surface area contributed by atoms with Gasteiger partial charge in [0.2, 0.25) is 11.7 Å². The monoisotopic (exact) mass is 344 g/mol. The van der Waals surface area contributed by atoms with Gasteiger partial charge in [0.1, 0.15) is 5.54 Å². The van der Waals surface area contributed by atoms with E-state index in [1.165, 1.54) is 7.11 Å². The Balaban J connectivity index is 2.00. The van der Waals surface area contributed by atoms with Crippen molar-refractivity contribution in [1.82, 2.24) is 9.96 Å². The second kappa shape index (κ2) is 6.52. The van der Waals surface area contributed by atoms with E-state index < -0.39 is 11.5 Å². The minimum atomic E-state index is -0.871. The summed E-state index contributed by atoms with van der Waals surface area (Å²) in [4.78, 5) is 32.6. The molecule has 2 heterocycles. The number of hydrogen-bond donors (Lipinski definition) is 0. The maximum absolute atomic E-state index is 13.2. The molecule has 1 aromatic rings. The average Bonchev–Trinajstić information content (AvgIpc) is 3.03. The number of likely N-dealkylation sites (N-methyl/N-ethyl adjacent to an activating group) is 1. The Labute approximate surface area is 147 Å². The van der Waals surface area contributed by atoms with E-state index in [1.54, 1.807) is 16.0 Å². The van der Waals surface area contributed by atoms with Gasteiger partial charge in [-0.1, -0.05) is 30.3 Å². The van der Waals surface area contributed by atoms with Crippen LogP contribution < -0.4 is 0 Å². The number of amides is 1. The molecule has 1 saturated heterocycles. The lowest BCUT2D eigenvalue weighted by atomic mass is 9.66. The molecule has 6 heteroatoms. The predicted octanol–water partition coefficient (Wildman–Crippen LogP) is 2.08. The van der Waals surface area contributed by atoms with E-state index in [4.69, 9.17) is 9.57 Å². The number of rotatable bonds is 5. The van der Waals surface area contributed by atoms with Gasteiger partial charge >= 0.3 is 5.97 Å². The van der Waals surface area contributed by atoms with Gasteiger partial charge in [0.15, 0.2) is 0 Å². The Bertz CT molecular complexity index is 699. The number of ether oxygens (including phenoxy) is 1. The number of methoxy groups -OCH3 is 1. The van der Waals surface area contributed by atoms with Crippen LogP contribution in [0.4, 0.5) is 0 Å². The molecule has 3 atom stereocenters. The standard InChI is InChI=1S/C19H24N2O4/c1-5-20(6-2)18(23)19(3)16(13-10-8-7-9-11-13)14-12-15(17(22)24-4)25-21(14)19/h7-12,14,16H,5-6H2,1-4H3/t14-,16-,19+/m0/s1. The lowest BCUT2D eigenvalue weighted by Crippen LogP contribution is -2.73. The van der Waals surface area contributed by atoms with Crippen molar-refractivity contribution in [2.45, 2.75) is 38.3 Å². The molecule has 0 saturated carbocycles. The normalized spacial score (nSPS) is 27.6. The van der Waals surface area contributed by atoms with Gasteiger partial charge in [-0.15, -0.1) is 5.06 Å². The van der Waals surface area contributed by atoms with E-state index in [0.717, 1.165) is 5.56 Å². The molecule has 0 unspecified atom stereocenters. The number of benzene rings is 1. The second-order valence-electron chi connectivity index (χ2n) is 6.44. The van der Waals surface area contributed by atoms with Crippen molar-refractivity contribution in [3.8, 4) is 0 Å². The summed E-state index contributed by atoms with van der Waals surface area (Å²) < 4.78 is 4.76. The average molecular weight is 344 g/mol. The fourth-order valence-electron chi connectivity index (χ4n) is 3.89. The third-order valence-electron chi connectivity index (χ3n) is 5.22. The fraction of sp³-hybridized carbons (Fsp3) is 0.474. The number of fused-ring (bicyclic) bond motifs is 1. The first-order valence-corrected chi connectivity index (χ1v) is 8.60. The molecule has 134 valence electrons. The number of esters is 1. The van der Waals surface area contributed by atoms with Crippen LogP contribution in [-0.2, 0) is 19.2 Å². The summed E-state index contributed by atoms with van der Waals surface area (Å²) in [6.45, 7) is 7.06. The van der Waals surface area contributed by atoms with Crippen molar-refractivity contribution in [3.63, 3.8) is 0 Å². The molecule has 2 aliphatic rings. The topological polar surface area (TPSA) is 59.1 Å². The summed E-state index contributed by atoms with van der Waals surface area (Å²) in [5, 5.41) is 1.64. The number of nitrogens with zero attached hydrogens (tertiary/aromatic N) is 2. The molecular formula is C19H24N2O4. The smallest absolute Gasteiger partial charge is 0.375 e. The molecule has 1 amide bonds. The predicted molar refractivity (Wildman–Crippen MR) is 92.3 cm³/mol. The molecular weight excluding hydrogens is 320 g/mol. The highest BCUT2D eigenvalue weighted by molar-refractivity contribution is 5.91. The summed E-state index contributed by atoms with van der Waals surface area (Å²) in [6, 6.07) is 9.73. The Hall–Kier alpha value is -2.34. The zero-order chi connectivity index (χ0) is 18.2. The quantitative estimate of drug-likeness (QED) is 0.766. The van der Waals surface area contributed by atoms with E-state index in [-0.39, 0.29) is 23.6 Å². The third-order valence-corrected chi connectivity index (χ3v) is 5.22. The molecule has 0 spiro atoms. The molecule has 6 nitrogen and oxygen atoms in total. The van der Waals surface area contributed by atoms with Crippen LogP contribution in [0.25, 0.3) is 0 Å². The van der Waals surface area contributed by atoms with Gasteiger partial charge in [0, 0.05) is 19.0 Å². The van der Waals surface area contributed by atoms with Crippen LogP contribution >= 0.6 is 0 Å². The fourth-order valence-corrected chi connectivity index (χ4v) is 3.89. The van der Waals surface area contributed by atoms with E-state index in [0.29, 0.717) is 13.1 Å². The molecule has 1 aromatic carbocycles. The van der Waals surface area contributed by atoms with Crippen LogP contribution in [0.2, 0.25) is 0 Å². The molecule has 0 radical (unpaired) electrons. The first-order valence-electron chi connectivity index (χ1n) is 8.60. The van der Waals surface area contributed by atoms with E-state index >= 15 is 0 Å². The Kier molecular flexibility index (Phi) is 4.56. The van der Waals surface area contributed by atoms with Crippen LogP contribution in [0, 0.1) is 0 Å². The molecule has 1 fully saturated rings. The summed E-state index contributed by atoms with van der Waals surface area (Å²) in [7, 11) is 1.32. The highest BCUT2D eigenvalue weighted by Gasteiger charge is 2.67. The van der Waals surface area contributed by atoms with Crippen LogP contribution in [0.3, 0.4) is 0 Å². The number of carbonyl (C=O) groups excluding carboxylic acids is 2. The highest BCUT2D eigenvalue weighted by Crippen LogP contribution is 2.54. The summed E-state index contributed by atoms with van der Waals surface area (Å²) in [6.07, 6.45) is 1.75. The maximum atomic E-state index is 13.2. The number of hydroxylamine groups is 2. The number of hydrogen-bond acceptors (Lipinski definition) is 5. The SMILES string of the molecule is CCN(CC)C(=O)[C@@]1(C)[C@@H](c2ccccc2)[C@@H]2C=C(C(=O)OC)ON21. The van der Waals surface area contributed by atoms with Crippen molar-refractivity contribution < 1.29 is 19.2 Å². The Morgan fingerprint density at radius 3 is 2.44 bits per heavy atom. The van der Waals surface area contributed by atoms with Gasteiger partial charge in [0.25, 0.3) is 0 Å². The molecule has 25 heavy (non-hydrogen) atoms. The molecule has 0 N–H and O–H groups in total. The first-order chi connectivity index (χ1) is 12.0. The van der Waals surface area contributed by atoms with Gasteiger partial charge in [-0.05, 0) is 32.4 Å². The van der Waals surface area contributed by atoms with Gasteiger partial charge in [-0.25, -0.2) is 4.79 Å². The largest absolute Gasteiger partial charge is 0.463 e. The summed E-state index contributed by atoms with van der Waals surface area (Å²) in [5.74, 6) is -0.477. The van der Waals surface area contributed by atoms with Crippen LogP contribution in [-0.4, -0.2) is 53.6 Å². The van der Waals surface area contributed by atoms with E-state index in [9.17, 15) is 9.59 Å². The lowest BCUT2D eigenvalue weighted by molar-refractivity contribution is -0.261. The zero-order valence-corrected chi connectivity index (χ0v) is 15.1. The van der Waals surface area contributed by atoms with Gasteiger partial charge < -0.3 is 14.5 Å². The highest BCUT2D eigenvalue weighted by atomic mass is 16.7. The van der Waals surface area contributed by atoms with E-state index in [2.05, 4.69) is 0 Å². The molecule has 0 aliphatic carbocycles. The van der Waals surface area contributed by atoms with Crippen molar-refractivity contribution in [3.05, 3.63) is 47.7 Å². The van der Waals surface area contributed by atoms with Gasteiger partial charge in [0.05, 0.1) is 13.2 Å². The van der Waals surface area contributed by atoms with Crippen molar-refractivity contribution >= 4 is 11.9 Å². The van der Waals surface area contributed by atoms with Crippen LogP contribution in [0.15, 0.2) is 42.2 Å². The van der Waals surface area contributed by atoms with Gasteiger partial charge in [-0.3, -0.25) is 4.79 Å². The van der Waals surface area contributed by atoms with Crippen LogP contribution in [0.1, 0.15) is 32.3 Å². The Morgan fingerprint density at radius 2 is 1.88 bits per heavy atom. The van der Waals surface area contributed by atoms with Gasteiger partial charge in [-0.2, -0.15) is 0 Å². The second-order valence-corrected chi connectivity index (χ2v) is 6.44. The third kappa shape index (κ3) is 2.52. The minimum Gasteiger partial charge on any atom is -0.463 e. The van der Waals surface area contributed by atoms with Crippen molar-refractivity contribution in [2.75, 3.05) is 20.2 Å². The zero-order valence-electron chi connectivity index (χ0n) is 15.1. The summed E-state index contributed by atoms with van der Waals surface area (Å²) in [5.41, 5.74) is 0.183. The Morgan fingerprint density at radius 1 is 1.24 bits per heavy atom. The van der Waals surface area contributed by atoms with Crippen LogP contribution in [0.5, 0.6) is 0 Å². The summed E-state index contributed by atoms with van der Waals surface area (Å²) >= 11 is 0. The number of carbonyl (C=O) groups is 2. The lowest BCUT2D eigenvalue weighted by Gasteiger charge is -2.57. The van der Waals surface area contributed by atoms with Crippen molar-refractivity contribution in [1.29, 1.82) is 0 Å². The van der Waals surface area contributed by atoms with Crippen molar-refractivity contribution in [2.24, 2.45) is 0 Å². The molecule has 2 aliphatic heterocycles. The first kappa shape index (κ1) is 17.5. The minimum absolute atomic E-state index is 0.00196. The molecule has 3 rings (SSSR count). The maximum Gasteiger partial charge on any atom is 0.375 e.